The standard InChI is InChI=1S/C14H10BrF2NO2/c15-13-4-3-12(20-13)14(19)18-5-1-2-8-6-9(16)10(17)7-11(8)18/h3-4,6-7H,1-2,5H2. The topological polar surface area (TPSA) is 33.5 Å². The monoisotopic (exact) mass is 341 g/mol. The fourth-order valence-electron chi connectivity index (χ4n) is 2.35. The summed E-state index contributed by atoms with van der Waals surface area (Å²) in [6, 6.07) is 5.38. The fourth-order valence-corrected chi connectivity index (χ4v) is 2.66. The highest BCUT2D eigenvalue weighted by Gasteiger charge is 2.27. The number of halogens is 3. The highest BCUT2D eigenvalue weighted by molar-refractivity contribution is 9.10. The Kier molecular flexibility index (Phi) is 3.33. The molecule has 0 bridgehead atoms. The molecule has 0 atom stereocenters. The summed E-state index contributed by atoms with van der Waals surface area (Å²) in [5.74, 6) is -2.04. The van der Waals surface area contributed by atoms with Crippen molar-refractivity contribution in [3.63, 3.8) is 0 Å². The molecule has 0 N–H and O–H groups in total. The van der Waals surface area contributed by atoms with E-state index in [0.717, 1.165) is 12.1 Å². The van der Waals surface area contributed by atoms with Gasteiger partial charge in [-0.15, -0.1) is 0 Å². The van der Waals surface area contributed by atoms with Crippen molar-refractivity contribution in [1.29, 1.82) is 0 Å². The first-order chi connectivity index (χ1) is 9.56. The molecular formula is C14H10BrF2NO2. The van der Waals surface area contributed by atoms with Crippen molar-refractivity contribution in [3.8, 4) is 0 Å². The summed E-state index contributed by atoms with van der Waals surface area (Å²) in [5.41, 5.74) is 1.04. The van der Waals surface area contributed by atoms with Crippen LogP contribution in [0.1, 0.15) is 22.5 Å². The second-order valence-electron chi connectivity index (χ2n) is 4.56. The molecule has 0 saturated heterocycles. The molecule has 1 aromatic carbocycles. The number of aryl methyl sites for hydroxylation is 1. The van der Waals surface area contributed by atoms with E-state index in [0.29, 0.717) is 35.3 Å². The number of nitrogens with zero attached hydrogens (tertiary/aromatic N) is 1. The predicted molar refractivity (Wildman–Crippen MR) is 72.8 cm³/mol. The van der Waals surface area contributed by atoms with Crippen molar-refractivity contribution in [2.24, 2.45) is 0 Å². The number of anilines is 1. The summed E-state index contributed by atoms with van der Waals surface area (Å²) in [7, 11) is 0. The SMILES string of the molecule is O=C(c1ccc(Br)o1)N1CCCc2cc(F)c(F)cc21. The van der Waals surface area contributed by atoms with Crippen LogP contribution in [0.4, 0.5) is 14.5 Å². The molecule has 0 radical (unpaired) electrons. The molecule has 6 heteroatoms. The van der Waals surface area contributed by atoms with Crippen LogP contribution in [-0.2, 0) is 6.42 Å². The number of amides is 1. The molecule has 2 heterocycles. The minimum absolute atomic E-state index is 0.162. The minimum Gasteiger partial charge on any atom is -0.444 e. The van der Waals surface area contributed by atoms with Gasteiger partial charge >= 0.3 is 0 Å². The summed E-state index contributed by atoms with van der Waals surface area (Å²) in [5, 5.41) is 0. The van der Waals surface area contributed by atoms with Crippen LogP contribution in [0.15, 0.2) is 33.4 Å². The van der Waals surface area contributed by atoms with Crippen LogP contribution in [-0.4, -0.2) is 12.5 Å². The van der Waals surface area contributed by atoms with Gasteiger partial charge in [0.2, 0.25) is 0 Å². The molecule has 2 aromatic rings. The van der Waals surface area contributed by atoms with Gasteiger partial charge < -0.3 is 9.32 Å². The first-order valence-corrected chi connectivity index (χ1v) is 6.90. The van der Waals surface area contributed by atoms with Gasteiger partial charge in [0.1, 0.15) is 0 Å². The number of rotatable bonds is 1. The highest BCUT2D eigenvalue weighted by atomic mass is 79.9. The summed E-state index contributed by atoms with van der Waals surface area (Å²) in [4.78, 5) is 13.8. The Morgan fingerprint density at radius 3 is 2.70 bits per heavy atom. The Labute approximate surface area is 122 Å². The van der Waals surface area contributed by atoms with E-state index in [1.165, 1.54) is 4.90 Å². The molecule has 1 aliphatic heterocycles. The molecule has 1 amide bonds. The van der Waals surface area contributed by atoms with Gasteiger partial charge in [0.05, 0.1) is 5.69 Å². The molecule has 3 nitrogen and oxygen atoms in total. The van der Waals surface area contributed by atoms with E-state index >= 15 is 0 Å². The zero-order valence-electron chi connectivity index (χ0n) is 10.3. The number of fused-ring (bicyclic) bond motifs is 1. The van der Waals surface area contributed by atoms with Gasteiger partial charge in [-0.05, 0) is 52.5 Å². The van der Waals surface area contributed by atoms with Crippen molar-refractivity contribution < 1.29 is 18.0 Å². The maximum absolute atomic E-state index is 13.4. The van der Waals surface area contributed by atoms with E-state index in [4.69, 9.17) is 4.42 Å². The lowest BCUT2D eigenvalue weighted by atomic mass is 10.0. The molecule has 1 aliphatic rings. The summed E-state index contributed by atoms with van der Waals surface area (Å²) in [6.45, 7) is 0.454. The van der Waals surface area contributed by atoms with E-state index in [9.17, 15) is 13.6 Å². The van der Waals surface area contributed by atoms with Gasteiger partial charge in [0.25, 0.3) is 5.91 Å². The van der Waals surface area contributed by atoms with E-state index in [2.05, 4.69) is 15.9 Å². The Bertz CT molecular complexity index is 684. The minimum atomic E-state index is -0.955. The zero-order valence-corrected chi connectivity index (χ0v) is 11.9. The maximum atomic E-state index is 13.4. The smallest absolute Gasteiger partial charge is 0.294 e. The highest BCUT2D eigenvalue weighted by Crippen LogP contribution is 2.31. The maximum Gasteiger partial charge on any atom is 0.294 e. The van der Waals surface area contributed by atoms with Crippen molar-refractivity contribution in [1.82, 2.24) is 0 Å². The lowest BCUT2D eigenvalue weighted by molar-refractivity contribution is 0.0957. The second-order valence-corrected chi connectivity index (χ2v) is 5.34. The quantitative estimate of drug-likeness (QED) is 0.787. The normalized spacial score (nSPS) is 14.2. The van der Waals surface area contributed by atoms with E-state index in [-0.39, 0.29) is 11.7 Å². The van der Waals surface area contributed by atoms with Crippen LogP contribution in [0.25, 0.3) is 0 Å². The Morgan fingerprint density at radius 1 is 1.25 bits per heavy atom. The number of carbonyl (C=O) groups excluding carboxylic acids is 1. The number of carbonyl (C=O) groups is 1. The number of benzene rings is 1. The molecular weight excluding hydrogens is 332 g/mol. The summed E-state index contributed by atoms with van der Waals surface area (Å²) < 4.78 is 32.3. The van der Waals surface area contributed by atoms with Crippen LogP contribution >= 0.6 is 15.9 Å². The largest absolute Gasteiger partial charge is 0.444 e. The van der Waals surface area contributed by atoms with Crippen molar-refractivity contribution >= 4 is 27.5 Å². The van der Waals surface area contributed by atoms with Crippen molar-refractivity contribution in [3.05, 3.63) is 51.9 Å². The molecule has 0 saturated carbocycles. The van der Waals surface area contributed by atoms with E-state index in [1.807, 2.05) is 0 Å². The van der Waals surface area contributed by atoms with Gasteiger partial charge in [-0.3, -0.25) is 4.79 Å². The molecule has 0 unspecified atom stereocenters. The van der Waals surface area contributed by atoms with E-state index in [1.54, 1.807) is 12.1 Å². The lowest BCUT2D eigenvalue weighted by Crippen LogP contribution is -2.35. The molecule has 0 fully saturated rings. The third-order valence-electron chi connectivity index (χ3n) is 3.27. The van der Waals surface area contributed by atoms with Crippen molar-refractivity contribution in [2.75, 3.05) is 11.4 Å². The first-order valence-electron chi connectivity index (χ1n) is 6.11. The average molecular weight is 342 g/mol. The van der Waals surface area contributed by atoms with Gasteiger partial charge in [-0.25, -0.2) is 8.78 Å². The fraction of sp³-hybridized carbons (Fsp3) is 0.214. The Hall–Kier alpha value is -1.69. The second kappa shape index (κ2) is 5.01. The van der Waals surface area contributed by atoms with Gasteiger partial charge in [-0.1, -0.05) is 0 Å². The van der Waals surface area contributed by atoms with Crippen LogP contribution in [0.3, 0.4) is 0 Å². The summed E-state index contributed by atoms with van der Waals surface area (Å²) >= 11 is 3.13. The number of furan rings is 1. The molecule has 0 spiro atoms. The van der Waals surface area contributed by atoms with Crippen molar-refractivity contribution in [2.45, 2.75) is 12.8 Å². The third kappa shape index (κ3) is 2.24. The zero-order chi connectivity index (χ0) is 14.3. The molecule has 20 heavy (non-hydrogen) atoms. The molecule has 1 aromatic heterocycles. The molecule has 3 rings (SSSR count). The average Bonchev–Trinajstić information content (AvgIpc) is 2.85. The van der Waals surface area contributed by atoms with Gasteiger partial charge in [0.15, 0.2) is 22.1 Å². The number of hydrogen-bond acceptors (Lipinski definition) is 2. The lowest BCUT2D eigenvalue weighted by Gasteiger charge is -2.28. The Morgan fingerprint density at radius 2 is 2.00 bits per heavy atom. The molecule has 104 valence electrons. The van der Waals surface area contributed by atoms with Crippen LogP contribution in [0, 0.1) is 11.6 Å². The number of hydrogen-bond donors (Lipinski definition) is 0. The van der Waals surface area contributed by atoms with E-state index < -0.39 is 11.6 Å². The van der Waals surface area contributed by atoms with Crippen LogP contribution in [0.2, 0.25) is 0 Å². The molecule has 0 aliphatic carbocycles. The third-order valence-corrected chi connectivity index (χ3v) is 3.70. The van der Waals surface area contributed by atoms with Gasteiger partial charge in [0, 0.05) is 12.6 Å². The van der Waals surface area contributed by atoms with Crippen LogP contribution in [0.5, 0.6) is 0 Å². The van der Waals surface area contributed by atoms with Gasteiger partial charge in [-0.2, -0.15) is 0 Å². The summed E-state index contributed by atoms with van der Waals surface area (Å²) in [6.07, 6.45) is 1.32. The Balaban J connectivity index is 2.01. The first kappa shape index (κ1) is 13.3. The van der Waals surface area contributed by atoms with Crippen LogP contribution < -0.4 is 4.90 Å². The predicted octanol–water partition coefficient (Wildman–Crippen LogP) is 3.91.